The number of fused-ring (bicyclic) bond motifs is 1. The first-order valence-corrected chi connectivity index (χ1v) is 12.6. The first-order chi connectivity index (χ1) is 17.9. The number of anilines is 2. The first kappa shape index (κ1) is 26.9. The molecule has 0 spiro atoms. The topological polar surface area (TPSA) is 110 Å². The number of nitrogens with one attached hydrogen (secondary N) is 2. The van der Waals surface area contributed by atoms with Crippen LogP contribution in [0.2, 0.25) is 5.02 Å². The van der Waals surface area contributed by atoms with Gasteiger partial charge in [-0.3, -0.25) is 14.5 Å². The van der Waals surface area contributed by atoms with Gasteiger partial charge in [-0.2, -0.15) is 13.2 Å². The number of rotatable bonds is 7. The van der Waals surface area contributed by atoms with Gasteiger partial charge in [0.25, 0.3) is 10.0 Å². The number of sulfonamides is 1. The first-order valence-electron chi connectivity index (χ1n) is 10.7. The summed E-state index contributed by atoms with van der Waals surface area (Å²) in [4.78, 5) is 19.6. The maximum atomic E-state index is 13.3. The Kier molecular flexibility index (Phi) is 7.29. The maximum Gasteiger partial charge on any atom is 0.417 e. The fourth-order valence-corrected chi connectivity index (χ4v) is 4.73. The summed E-state index contributed by atoms with van der Waals surface area (Å²) >= 11 is 5.62. The SMILES string of the molecule is C=CC(=O)Nc1ccc(Oc2ncc(C)cc2NS(=O)(=O)c2ccc(Cl)c(C(F)(F)F)c2)c2ncccc12. The molecule has 2 aromatic heterocycles. The summed E-state index contributed by atoms with van der Waals surface area (Å²) in [6.45, 7) is 5.07. The van der Waals surface area contributed by atoms with Crippen LogP contribution >= 0.6 is 11.6 Å². The fourth-order valence-electron chi connectivity index (χ4n) is 3.43. The van der Waals surface area contributed by atoms with Gasteiger partial charge in [0.1, 0.15) is 11.2 Å². The molecule has 2 heterocycles. The molecule has 13 heteroatoms. The predicted octanol–water partition coefficient (Wildman–Crippen LogP) is 6.33. The van der Waals surface area contributed by atoms with E-state index in [4.69, 9.17) is 16.3 Å². The van der Waals surface area contributed by atoms with Gasteiger partial charge < -0.3 is 10.1 Å². The molecule has 4 rings (SSSR count). The van der Waals surface area contributed by atoms with Gasteiger partial charge in [-0.1, -0.05) is 18.2 Å². The number of alkyl halides is 3. The Morgan fingerprint density at radius 2 is 1.87 bits per heavy atom. The van der Waals surface area contributed by atoms with Gasteiger partial charge in [0.2, 0.25) is 11.8 Å². The van der Waals surface area contributed by atoms with Crippen LogP contribution in [0.4, 0.5) is 24.5 Å². The number of amides is 1. The minimum absolute atomic E-state index is 0.123. The van der Waals surface area contributed by atoms with E-state index in [-0.39, 0.29) is 17.3 Å². The van der Waals surface area contributed by atoms with Gasteiger partial charge in [0, 0.05) is 17.8 Å². The molecule has 4 aromatic rings. The van der Waals surface area contributed by atoms with Crippen molar-refractivity contribution >= 4 is 49.8 Å². The smallest absolute Gasteiger partial charge is 0.417 e. The van der Waals surface area contributed by atoms with Crippen LogP contribution in [0.25, 0.3) is 10.9 Å². The Balaban J connectivity index is 1.73. The number of aromatic nitrogens is 2. The van der Waals surface area contributed by atoms with E-state index >= 15 is 0 Å². The molecule has 0 saturated heterocycles. The van der Waals surface area contributed by atoms with E-state index in [2.05, 4.69) is 26.6 Å². The average Bonchev–Trinajstić information content (AvgIpc) is 2.86. The van der Waals surface area contributed by atoms with E-state index in [0.717, 1.165) is 18.2 Å². The summed E-state index contributed by atoms with van der Waals surface area (Å²) in [5, 5.41) is 2.55. The third-order valence-electron chi connectivity index (χ3n) is 5.17. The maximum absolute atomic E-state index is 13.3. The average molecular weight is 563 g/mol. The van der Waals surface area contributed by atoms with Crippen molar-refractivity contribution in [2.45, 2.75) is 18.0 Å². The quantitative estimate of drug-likeness (QED) is 0.255. The molecular weight excluding hydrogens is 545 g/mol. The Hall–Kier alpha value is -4.16. The highest BCUT2D eigenvalue weighted by Crippen LogP contribution is 2.38. The van der Waals surface area contributed by atoms with Gasteiger partial charge in [0.05, 0.1) is 21.2 Å². The summed E-state index contributed by atoms with van der Waals surface area (Å²) in [6.07, 6.45) is -0.822. The summed E-state index contributed by atoms with van der Waals surface area (Å²) in [5.74, 6) is -0.435. The van der Waals surface area contributed by atoms with Crippen LogP contribution in [0.3, 0.4) is 0 Å². The second-order valence-corrected chi connectivity index (χ2v) is 10.0. The Bertz CT molecular complexity index is 1680. The minimum atomic E-state index is -4.85. The lowest BCUT2D eigenvalue weighted by molar-refractivity contribution is -0.137. The zero-order chi connectivity index (χ0) is 27.7. The number of carbonyl (C=O) groups excluding carboxylic acids is 1. The van der Waals surface area contributed by atoms with Crippen molar-refractivity contribution in [2.75, 3.05) is 10.0 Å². The highest BCUT2D eigenvalue weighted by atomic mass is 35.5. The number of ether oxygens (including phenoxy) is 1. The molecule has 0 aliphatic heterocycles. The molecule has 0 unspecified atom stereocenters. The molecule has 38 heavy (non-hydrogen) atoms. The molecule has 0 atom stereocenters. The third kappa shape index (κ3) is 5.71. The summed E-state index contributed by atoms with van der Waals surface area (Å²) in [6, 6.07) is 10.1. The van der Waals surface area contributed by atoms with E-state index in [1.807, 2.05) is 0 Å². The molecule has 0 saturated carbocycles. The minimum Gasteiger partial charge on any atom is -0.435 e. The number of halogens is 4. The zero-order valence-electron chi connectivity index (χ0n) is 19.5. The Labute approximate surface area is 220 Å². The van der Waals surface area contributed by atoms with Crippen molar-refractivity contribution in [1.29, 1.82) is 0 Å². The normalized spacial score (nSPS) is 11.7. The second kappa shape index (κ2) is 10.3. The molecule has 2 N–H and O–H groups in total. The van der Waals surface area contributed by atoms with Crippen LogP contribution in [0.5, 0.6) is 11.6 Å². The van der Waals surface area contributed by atoms with Crippen molar-refractivity contribution < 1.29 is 31.1 Å². The van der Waals surface area contributed by atoms with Crippen molar-refractivity contribution in [3.8, 4) is 11.6 Å². The fraction of sp³-hybridized carbons (Fsp3) is 0.0800. The van der Waals surface area contributed by atoms with Gasteiger partial charge in [-0.25, -0.2) is 13.4 Å². The molecular formula is C25H18ClF3N4O4S. The molecule has 0 radical (unpaired) electrons. The van der Waals surface area contributed by atoms with Gasteiger partial charge in [-0.15, -0.1) is 0 Å². The number of hydrogen-bond donors (Lipinski definition) is 2. The number of pyridine rings is 2. The van der Waals surface area contributed by atoms with E-state index in [1.165, 1.54) is 24.5 Å². The lowest BCUT2D eigenvalue weighted by Gasteiger charge is -2.16. The second-order valence-electron chi connectivity index (χ2n) is 7.92. The van der Waals surface area contributed by atoms with E-state index in [0.29, 0.717) is 28.2 Å². The van der Waals surface area contributed by atoms with Crippen LogP contribution < -0.4 is 14.8 Å². The number of nitrogens with zero attached hydrogens (tertiary/aromatic N) is 2. The molecule has 196 valence electrons. The van der Waals surface area contributed by atoms with Crippen molar-refractivity contribution in [1.82, 2.24) is 9.97 Å². The van der Waals surface area contributed by atoms with Gasteiger partial charge in [-0.05, 0) is 67.1 Å². The largest absolute Gasteiger partial charge is 0.435 e. The molecule has 0 aliphatic rings. The highest BCUT2D eigenvalue weighted by Gasteiger charge is 2.34. The van der Waals surface area contributed by atoms with Gasteiger partial charge >= 0.3 is 6.18 Å². The molecule has 2 aromatic carbocycles. The lowest BCUT2D eigenvalue weighted by atomic mass is 10.1. The van der Waals surface area contributed by atoms with Gasteiger partial charge in [0.15, 0.2) is 5.75 Å². The third-order valence-corrected chi connectivity index (χ3v) is 6.86. The van der Waals surface area contributed by atoms with E-state index in [9.17, 15) is 26.4 Å². The molecule has 0 bridgehead atoms. The number of aryl methyl sites for hydroxylation is 1. The number of hydrogen-bond acceptors (Lipinski definition) is 6. The predicted molar refractivity (Wildman–Crippen MR) is 137 cm³/mol. The van der Waals surface area contributed by atoms with Crippen LogP contribution in [0.15, 0.2) is 78.5 Å². The van der Waals surface area contributed by atoms with E-state index < -0.39 is 37.6 Å². The van der Waals surface area contributed by atoms with Crippen LogP contribution in [0.1, 0.15) is 11.1 Å². The van der Waals surface area contributed by atoms with Crippen molar-refractivity contribution in [3.63, 3.8) is 0 Å². The Morgan fingerprint density at radius 1 is 1.11 bits per heavy atom. The summed E-state index contributed by atoms with van der Waals surface area (Å²) in [7, 11) is -4.51. The molecule has 0 fully saturated rings. The van der Waals surface area contributed by atoms with Crippen LogP contribution in [0, 0.1) is 6.92 Å². The summed E-state index contributed by atoms with van der Waals surface area (Å²) in [5.41, 5.74) is -0.0966. The van der Waals surface area contributed by atoms with E-state index in [1.54, 1.807) is 25.1 Å². The molecule has 1 amide bonds. The molecule has 8 nitrogen and oxygen atoms in total. The summed E-state index contributed by atoms with van der Waals surface area (Å²) < 4.78 is 74.1. The number of benzene rings is 2. The van der Waals surface area contributed by atoms with Crippen molar-refractivity contribution in [2.24, 2.45) is 0 Å². The monoisotopic (exact) mass is 562 g/mol. The molecule has 0 aliphatic carbocycles. The van der Waals surface area contributed by atoms with Crippen LogP contribution in [-0.2, 0) is 21.0 Å². The zero-order valence-corrected chi connectivity index (χ0v) is 21.1. The van der Waals surface area contributed by atoms with Crippen LogP contribution in [-0.4, -0.2) is 24.3 Å². The lowest BCUT2D eigenvalue weighted by Crippen LogP contribution is -2.16. The highest BCUT2D eigenvalue weighted by molar-refractivity contribution is 7.92. The number of carbonyl (C=O) groups is 1. The van der Waals surface area contributed by atoms with Crippen molar-refractivity contribution in [3.05, 3.63) is 89.7 Å². The standard InChI is InChI=1S/C25H18ClF3N4O4S/c1-3-22(34)32-19-8-9-21(23-16(19)5-4-10-30-23)37-24-20(11-14(2)13-31-24)33-38(35,36)15-6-7-18(26)17(12-15)25(27,28)29/h3-13,33H,1H2,2H3,(H,32,34). The Morgan fingerprint density at radius 3 is 2.58 bits per heavy atom.